The van der Waals surface area contributed by atoms with Crippen LogP contribution in [0.2, 0.25) is 0 Å². The van der Waals surface area contributed by atoms with E-state index < -0.39 is 0 Å². The molecule has 0 saturated carbocycles. The summed E-state index contributed by atoms with van der Waals surface area (Å²) in [5, 5.41) is 0. The molecular formula is C18H18N4O4. The molecule has 1 unspecified atom stereocenters. The molecule has 26 heavy (non-hydrogen) atoms. The summed E-state index contributed by atoms with van der Waals surface area (Å²) >= 11 is 0. The Morgan fingerprint density at radius 1 is 1.12 bits per heavy atom. The number of carbonyl (C=O) groups excluding carboxylic acids is 2. The van der Waals surface area contributed by atoms with Gasteiger partial charge in [0.25, 0.3) is 11.8 Å². The van der Waals surface area contributed by atoms with Crippen LogP contribution >= 0.6 is 0 Å². The average Bonchev–Trinajstić information content (AvgIpc) is 3.32. The lowest BCUT2D eigenvalue weighted by Gasteiger charge is -2.34. The number of fused-ring (bicyclic) bond motifs is 3. The monoisotopic (exact) mass is 354 g/mol. The first-order valence-electron chi connectivity index (χ1n) is 8.74. The molecule has 3 aliphatic rings. The second kappa shape index (κ2) is 5.76. The van der Waals surface area contributed by atoms with Gasteiger partial charge < -0.3 is 23.8 Å². The van der Waals surface area contributed by atoms with Crippen LogP contribution in [-0.4, -0.2) is 57.2 Å². The summed E-state index contributed by atoms with van der Waals surface area (Å²) in [6.45, 7) is 2.03. The molecule has 1 atom stereocenters. The predicted octanol–water partition coefficient (Wildman–Crippen LogP) is 1.33. The van der Waals surface area contributed by atoms with Gasteiger partial charge in [0.15, 0.2) is 13.0 Å². The van der Waals surface area contributed by atoms with Crippen LogP contribution in [0, 0.1) is 0 Å². The van der Waals surface area contributed by atoms with Gasteiger partial charge in [0, 0.05) is 38.4 Å². The second-order valence-electron chi connectivity index (χ2n) is 6.70. The van der Waals surface area contributed by atoms with E-state index in [1.54, 1.807) is 34.5 Å². The Bertz CT molecular complexity index is 880. The van der Waals surface area contributed by atoms with Gasteiger partial charge >= 0.3 is 0 Å². The van der Waals surface area contributed by atoms with E-state index in [-0.39, 0.29) is 24.8 Å². The first kappa shape index (κ1) is 15.2. The Hall–Kier alpha value is -3.03. The molecule has 8 nitrogen and oxygen atoms in total. The van der Waals surface area contributed by atoms with Gasteiger partial charge in [0.1, 0.15) is 11.5 Å². The maximum absolute atomic E-state index is 12.8. The van der Waals surface area contributed by atoms with Gasteiger partial charge in [0.05, 0.1) is 17.5 Å². The van der Waals surface area contributed by atoms with Crippen molar-refractivity contribution in [2.75, 3.05) is 19.8 Å². The van der Waals surface area contributed by atoms with Crippen molar-refractivity contribution in [1.29, 1.82) is 0 Å². The minimum Gasteiger partial charge on any atom is -0.472 e. The largest absolute Gasteiger partial charge is 0.472 e. The molecule has 1 aromatic carbocycles. The minimum absolute atomic E-state index is 0.0462. The lowest BCUT2D eigenvalue weighted by molar-refractivity contribution is 0.0283. The molecule has 3 aliphatic heterocycles. The summed E-state index contributed by atoms with van der Waals surface area (Å²) in [7, 11) is 0. The highest BCUT2D eigenvalue weighted by atomic mass is 16.5. The fourth-order valence-electron chi connectivity index (χ4n) is 3.70. The van der Waals surface area contributed by atoms with Crippen LogP contribution in [0.1, 0.15) is 33.6 Å². The third kappa shape index (κ3) is 2.33. The van der Waals surface area contributed by atoms with Gasteiger partial charge in [-0.25, -0.2) is 4.98 Å². The number of amides is 2. The van der Waals surface area contributed by atoms with Crippen molar-refractivity contribution in [2.24, 2.45) is 0 Å². The van der Waals surface area contributed by atoms with Crippen LogP contribution < -0.4 is 9.47 Å². The Kier molecular flexibility index (Phi) is 3.37. The van der Waals surface area contributed by atoms with Gasteiger partial charge in [-0.1, -0.05) is 0 Å². The van der Waals surface area contributed by atoms with Crippen LogP contribution in [0.15, 0.2) is 30.9 Å². The standard InChI is InChI=1S/C18H18N4O4/c23-17-12-9-15-13(18(24)22-4-1-2-16(22)26-15)8-14(12)25-11-21(17)7-6-20-5-3-19-10-20/h3,5,8-10,16H,1-2,4,6-7,11H2. The van der Waals surface area contributed by atoms with E-state index in [1.807, 2.05) is 10.8 Å². The molecule has 4 heterocycles. The van der Waals surface area contributed by atoms with Crippen molar-refractivity contribution in [2.45, 2.75) is 25.6 Å². The Morgan fingerprint density at radius 3 is 2.81 bits per heavy atom. The Labute approximate surface area is 149 Å². The molecule has 0 radical (unpaired) electrons. The zero-order chi connectivity index (χ0) is 17.7. The molecule has 134 valence electrons. The maximum atomic E-state index is 12.8. The maximum Gasteiger partial charge on any atom is 0.260 e. The fraction of sp³-hybridized carbons (Fsp3) is 0.389. The molecule has 1 aromatic heterocycles. The van der Waals surface area contributed by atoms with Crippen LogP contribution in [0.4, 0.5) is 0 Å². The number of benzene rings is 1. The quantitative estimate of drug-likeness (QED) is 0.831. The van der Waals surface area contributed by atoms with E-state index in [0.717, 1.165) is 12.8 Å². The van der Waals surface area contributed by atoms with Crippen LogP contribution in [0.5, 0.6) is 11.5 Å². The number of nitrogens with zero attached hydrogens (tertiary/aromatic N) is 4. The van der Waals surface area contributed by atoms with E-state index in [2.05, 4.69) is 4.98 Å². The van der Waals surface area contributed by atoms with Crippen molar-refractivity contribution in [1.82, 2.24) is 19.4 Å². The highest BCUT2D eigenvalue weighted by Gasteiger charge is 2.39. The number of aromatic nitrogens is 2. The van der Waals surface area contributed by atoms with Crippen molar-refractivity contribution < 1.29 is 19.1 Å². The van der Waals surface area contributed by atoms with Crippen molar-refractivity contribution in [3.63, 3.8) is 0 Å². The molecule has 8 heteroatoms. The Balaban J connectivity index is 1.41. The van der Waals surface area contributed by atoms with E-state index in [1.165, 1.54) is 0 Å². The molecule has 0 spiro atoms. The van der Waals surface area contributed by atoms with Crippen molar-refractivity contribution in [3.05, 3.63) is 42.0 Å². The normalized spacial score (nSPS) is 21.0. The topological polar surface area (TPSA) is 76.9 Å². The van der Waals surface area contributed by atoms with Gasteiger partial charge in [0.2, 0.25) is 0 Å². The summed E-state index contributed by atoms with van der Waals surface area (Å²) in [5.74, 6) is 0.765. The van der Waals surface area contributed by atoms with Crippen molar-refractivity contribution >= 4 is 11.8 Å². The molecule has 1 saturated heterocycles. The lowest BCUT2D eigenvalue weighted by atomic mass is 10.0. The summed E-state index contributed by atoms with van der Waals surface area (Å²) in [6, 6.07) is 3.30. The summed E-state index contributed by atoms with van der Waals surface area (Å²) < 4.78 is 13.6. The second-order valence-corrected chi connectivity index (χ2v) is 6.70. The first-order chi connectivity index (χ1) is 12.7. The van der Waals surface area contributed by atoms with Crippen molar-refractivity contribution in [3.8, 4) is 11.5 Å². The van der Waals surface area contributed by atoms with Crippen LogP contribution in [-0.2, 0) is 6.54 Å². The van der Waals surface area contributed by atoms with Gasteiger partial charge in [-0.2, -0.15) is 0 Å². The molecule has 0 bridgehead atoms. The number of carbonyl (C=O) groups is 2. The highest BCUT2D eigenvalue weighted by Crippen LogP contribution is 2.38. The number of imidazole rings is 1. The molecule has 2 aromatic rings. The molecular weight excluding hydrogens is 336 g/mol. The van der Waals surface area contributed by atoms with E-state index in [0.29, 0.717) is 42.3 Å². The van der Waals surface area contributed by atoms with Gasteiger partial charge in [-0.3, -0.25) is 9.59 Å². The van der Waals surface area contributed by atoms with E-state index in [9.17, 15) is 9.59 Å². The highest BCUT2D eigenvalue weighted by molar-refractivity contribution is 6.03. The fourth-order valence-corrected chi connectivity index (χ4v) is 3.70. The number of hydrogen-bond donors (Lipinski definition) is 0. The Morgan fingerprint density at radius 2 is 1.96 bits per heavy atom. The zero-order valence-electron chi connectivity index (χ0n) is 14.1. The average molecular weight is 354 g/mol. The molecule has 0 aliphatic carbocycles. The van der Waals surface area contributed by atoms with Crippen LogP contribution in [0.25, 0.3) is 0 Å². The van der Waals surface area contributed by atoms with Gasteiger partial charge in [-0.15, -0.1) is 0 Å². The summed E-state index contributed by atoms with van der Waals surface area (Å²) in [4.78, 5) is 32.9. The molecule has 5 rings (SSSR count). The first-order valence-corrected chi connectivity index (χ1v) is 8.74. The number of rotatable bonds is 3. The smallest absolute Gasteiger partial charge is 0.260 e. The summed E-state index contributed by atoms with van der Waals surface area (Å²) in [5.41, 5.74) is 0.918. The third-order valence-electron chi connectivity index (χ3n) is 5.11. The minimum atomic E-state index is -0.218. The number of ether oxygens (including phenoxy) is 2. The van der Waals surface area contributed by atoms with E-state index in [4.69, 9.17) is 9.47 Å². The summed E-state index contributed by atoms with van der Waals surface area (Å²) in [6.07, 6.45) is 6.81. The molecule has 1 fully saturated rings. The predicted molar refractivity (Wildman–Crippen MR) is 89.9 cm³/mol. The molecule has 0 N–H and O–H groups in total. The van der Waals surface area contributed by atoms with Gasteiger partial charge in [-0.05, 0) is 18.6 Å². The zero-order valence-corrected chi connectivity index (χ0v) is 14.1. The SMILES string of the molecule is O=C1c2cc3c(cc2OCN1CCn1ccnc1)C(=O)N1CCCC1O3. The number of hydrogen-bond acceptors (Lipinski definition) is 5. The third-order valence-corrected chi connectivity index (χ3v) is 5.11. The molecule has 2 amide bonds. The lowest BCUT2D eigenvalue weighted by Crippen LogP contribution is -2.44. The van der Waals surface area contributed by atoms with E-state index >= 15 is 0 Å². The van der Waals surface area contributed by atoms with Crippen LogP contribution in [0.3, 0.4) is 0 Å².